The summed E-state index contributed by atoms with van der Waals surface area (Å²) in [6.45, 7) is 4.56. The zero-order valence-electron chi connectivity index (χ0n) is 20.8. The highest BCUT2D eigenvalue weighted by molar-refractivity contribution is 7.09. The van der Waals surface area contributed by atoms with E-state index in [4.69, 9.17) is 16.6 Å². The van der Waals surface area contributed by atoms with E-state index in [0.29, 0.717) is 45.2 Å². The van der Waals surface area contributed by atoms with Gasteiger partial charge in [-0.3, -0.25) is 9.59 Å². The number of rotatable bonds is 6. The molecule has 3 N–H and O–H groups in total. The second-order valence-corrected chi connectivity index (χ2v) is 11.5. The van der Waals surface area contributed by atoms with Gasteiger partial charge in [-0.15, -0.1) is 11.3 Å². The van der Waals surface area contributed by atoms with Crippen LogP contribution in [0.5, 0.6) is 0 Å². The highest BCUT2D eigenvalue weighted by Crippen LogP contribution is 2.38. The number of amides is 1. The zero-order valence-corrected chi connectivity index (χ0v) is 22.4. The van der Waals surface area contributed by atoms with Gasteiger partial charge in [0.05, 0.1) is 16.2 Å². The Hall–Kier alpha value is -3.14. The minimum atomic E-state index is -0.249. The summed E-state index contributed by atoms with van der Waals surface area (Å²) in [4.78, 5) is 42.6. The lowest BCUT2D eigenvalue weighted by atomic mass is 10.0. The van der Waals surface area contributed by atoms with E-state index in [1.165, 1.54) is 4.88 Å². The molecule has 10 heteroatoms. The van der Waals surface area contributed by atoms with Gasteiger partial charge in [0.25, 0.3) is 11.5 Å². The predicted molar refractivity (Wildman–Crippen MR) is 149 cm³/mol. The number of benzene rings is 1. The van der Waals surface area contributed by atoms with Crippen LogP contribution in [-0.4, -0.2) is 62.9 Å². The Bertz CT molecular complexity index is 1520. The average molecular weight is 537 g/mol. The number of anilines is 1. The summed E-state index contributed by atoms with van der Waals surface area (Å²) in [6, 6.07) is 8.17. The van der Waals surface area contributed by atoms with E-state index in [1.807, 2.05) is 23.1 Å². The van der Waals surface area contributed by atoms with E-state index in [0.717, 1.165) is 37.9 Å². The van der Waals surface area contributed by atoms with Gasteiger partial charge >= 0.3 is 0 Å². The molecule has 37 heavy (non-hydrogen) atoms. The monoisotopic (exact) mass is 536 g/mol. The van der Waals surface area contributed by atoms with Crippen molar-refractivity contribution < 1.29 is 4.79 Å². The average Bonchev–Trinajstić information content (AvgIpc) is 3.60. The predicted octanol–water partition coefficient (Wildman–Crippen LogP) is 4.73. The van der Waals surface area contributed by atoms with Crippen LogP contribution < -0.4 is 10.9 Å². The molecule has 5 heterocycles. The lowest BCUT2D eigenvalue weighted by Crippen LogP contribution is -2.43. The number of pyridine rings is 1. The first kappa shape index (κ1) is 24.2. The van der Waals surface area contributed by atoms with Crippen LogP contribution in [0.4, 0.5) is 5.69 Å². The van der Waals surface area contributed by atoms with E-state index in [2.05, 4.69) is 45.6 Å². The highest BCUT2D eigenvalue weighted by atomic mass is 35.5. The molecule has 0 spiro atoms. The molecule has 1 aromatic carbocycles. The number of carbonyl (C=O) groups is 1. The van der Waals surface area contributed by atoms with Crippen LogP contribution in [0, 0.1) is 0 Å². The number of hydrogen-bond donors (Lipinski definition) is 3. The van der Waals surface area contributed by atoms with Crippen LogP contribution in [-0.2, 0) is 13.0 Å². The van der Waals surface area contributed by atoms with Gasteiger partial charge in [-0.1, -0.05) is 17.7 Å². The molecular weight excluding hydrogens is 508 g/mol. The Labute approximate surface area is 223 Å². The van der Waals surface area contributed by atoms with Crippen LogP contribution in [0.3, 0.4) is 0 Å². The van der Waals surface area contributed by atoms with Crippen LogP contribution in [0.2, 0.25) is 5.02 Å². The zero-order chi connectivity index (χ0) is 25.7. The summed E-state index contributed by atoms with van der Waals surface area (Å²) in [7, 11) is 2.11. The van der Waals surface area contributed by atoms with Crippen molar-refractivity contribution >= 4 is 45.6 Å². The van der Waals surface area contributed by atoms with Crippen LogP contribution in [0.15, 0.2) is 40.6 Å². The van der Waals surface area contributed by atoms with Crippen molar-refractivity contribution in [2.75, 3.05) is 25.5 Å². The van der Waals surface area contributed by atoms with Gasteiger partial charge in [-0.2, -0.15) is 0 Å². The van der Waals surface area contributed by atoms with E-state index in [-0.39, 0.29) is 23.6 Å². The summed E-state index contributed by atoms with van der Waals surface area (Å²) in [5.41, 5.74) is 3.54. The molecule has 1 saturated heterocycles. The molecule has 2 aliphatic heterocycles. The number of aromatic amines is 2. The summed E-state index contributed by atoms with van der Waals surface area (Å²) >= 11 is 8.57. The number of H-pyrrole nitrogens is 2. The first-order chi connectivity index (χ1) is 17.9. The number of nitrogens with one attached hydrogen (secondary N) is 3. The minimum Gasteiger partial charge on any atom is -0.381 e. The van der Waals surface area contributed by atoms with Crippen molar-refractivity contribution in [3.8, 4) is 11.4 Å². The van der Waals surface area contributed by atoms with Crippen molar-refractivity contribution in [2.45, 2.75) is 44.8 Å². The fourth-order valence-electron chi connectivity index (χ4n) is 5.49. The standard InChI is InChI=1S/C27H29ClN6O2S/c1-15(12-17-4-3-11-37-17)30-20-5-8-29-26(35)22(20)25-31-21-13-18-19(23(28)24(21)32-25)14-34(27(18)36)16-6-9-33(2)10-7-16/h3-5,8,11,13,15-16H,6-7,9-10,12,14H2,1-2H3,(H,31,32)(H2,29,30,35)/t15-/m1/s1. The number of nitrogens with zero attached hydrogens (tertiary/aromatic N) is 3. The van der Waals surface area contributed by atoms with Crippen molar-refractivity contribution in [3.63, 3.8) is 0 Å². The Morgan fingerprint density at radius 2 is 2.08 bits per heavy atom. The molecule has 8 nitrogen and oxygen atoms in total. The Balaban J connectivity index is 1.32. The fourth-order valence-corrected chi connectivity index (χ4v) is 6.64. The summed E-state index contributed by atoms with van der Waals surface area (Å²) < 4.78 is 0. The third-order valence-corrected chi connectivity index (χ3v) is 8.76. The molecule has 1 atom stereocenters. The third-order valence-electron chi connectivity index (χ3n) is 7.45. The minimum absolute atomic E-state index is 0.0202. The number of hydrogen-bond acceptors (Lipinski definition) is 6. The molecule has 0 bridgehead atoms. The number of thiophene rings is 1. The number of halogens is 1. The van der Waals surface area contributed by atoms with E-state index in [9.17, 15) is 9.59 Å². The number of aromatic nitrogens is 3. The number of fused-ring (bicyclic) bond motifs is 2. The normalized spacial score (nSPS) is 17.5. The molecule has 3 aromatic heterocycles. The van der Waals surface area contributed by atoms with Gasteiger partial charge in [0.2, 0.25) is 0 Å². The van der Waals surface area contributed by atoms with Crippen LogP contribution >= 0.6 is 22.9 Å². The van der Waals surface area contributed by atoms with Crippen molar-refractivity contribution in [2.24, 2.45) is 0 Å². The van der Waals surface area contributed by atoms with Gasteiger partial charge in [0, 0.05) is 47.3 Å². The summed E-state index contributed by atoms with van der Waals surface area (Å²) in [5.74, 6) is 0.444. The first-order valence-electron chi connectivity index (χ1n) is 12.6. The molecule has 4 aromatic rings. The molecule has 6 rings (SSSR count). The molecule has 2 aliphatic rings. The maximum atomic E-state index is 13.4. The van der Waals surface area contributed by atoms with Crippen molar-refractivity contribution in [1.82, 2.24) is 24.8 Å². The SMILES string of the molecule is C[C@H](Cc1cccs1)Nc1cc[nH]c(=O)c1-c1nc2c(Cl)c3c(cc2[nH]1)C(=O)N(C1CCN(C)CC1)C3. The summed E-state index contributed by atoms with van der Waals surface area (Å²) in [6.07, 6.45) is 4.40. The Kier molecular flexibility index (Phi) is 6.30. The Morgan fingerprint density at radius 1 is 1.27 bits per heavy atom. The first-order valence-corrected chi connectivity index (χ1v) is 13.9. The van der Waals surface area contributed by atoms with Crippen molar-refractivity contribution in [1.29, 1.82) is 0 Å². The second kappa shape index (κ2) is 9.63. The molecule has 0 unspecified atom stereocenters. The fraction of sp³-hybridized carbons (Fsp3) is 0.370. The summed E-state index contributed by atoms with van der Waals surface area (Å²) in [5, 5.41) is 6.02. The van der Waals surface area contributed by atoms with Gasteiger partial charge in [-0.25, -0.2) is 4.98 Å². The van der Waals surface area contributed by atoms with Gasteiger partial charge in [-0.05, 0) is 63.5 Å². The van der Waals surface area contributed by atoms with E-state index < -0.39 is 0 Å². The van der Waals surface area contributed by atoms with Gasteiger partial charge in [0.1, 0.15) is 16.9 Å². The van der Waals surface area contributed by atoms with Crippen molar-refractivity contribution in [3.05, 3.63) is 67.2 Å². The highest BCUT2D eigenvalue weighted by Gasteiger charge is 2.36. The van der Waals surface area contributed by atoms with Gasteiger partial charge in [0.15, 0.2) is 0 Å². The largest absolute Gasteiger partial charge is 0.381 e. The molecule has 192 valence electrons. The van der Waals surface area contributed by atoms with E-state index >= 15 is 0 Å². The number of likely N-dealkylation sites (tertiary alicyclic amines) is 1. The van der Waals surface area contributed by atoms with Crippen LogP contribution in [0.25, 0.3) is 22.4 Å². The van der Waals surface area contributed by atoms with E-state index in [1.54, 1.807) is 17.5 Å². The molecule has 0 radical (unpaired) electrons. The second-order valence-electron chi connectivity index (χ2n) is 10.1. The molecule has 0 aliphatic carbocycles. The van der Waals surface area contributed by atoms with Crippen LogP contribution in [0.1, 0.15) is 40.6 Å². The molecule has 1 fully saturated rings. The molecular formula is C27H29ClN6O2S. The number of piperidine rings is 1. The maximum absolute atomic E-state index is 13.4. The third kappa shape index (κ3) is 4.45. The topological polar surface area (TPSA) is 97.1 Å². The Morgan fingerprint density at radius 3 is 2.84 bits per heavy atom. The molecule has 0 saturated carbocycles. The molecule has 1 amide bonds. The number of carbonyl (C=O) groups excluding carboxylic acids is 1. The lowest BCUT2D eigenvalue weighted by Gasteiger charge is -2.34. The lowest BCUT2D eigenvalue weighted by molar-refractivity contribution is 0.0617. The van der Waals surface area contributed by atoms with Gasteiger partial charge < -0.3 is 25.1 Å². The quantitative estimate of drug-likeness (QED) is 0.331. The smallest absolute Gasteiger partial charge is 0.261 e. The maximum Gasteiger partial charge on any atom is 0.261 e. The number of imidazole rings is 1.